The van der Waals surface area contributed by atoms with E-state index in [1.165, 1.54) is 22.3 Å². The molecule has 0 bridgehead atoms. The van der Waals surface area contributed by atoms with Crippen molar-refractivity contribution in [2.75, 3.05) is 0 Å². The molecule has 0 nitrogen and oxygen atoms in total. The van der Waals surface area contributed by atoms with Crippen LogP contribution in [0.5, 0.6) is 0 Å². The van der Waals surface area contributed by atoms with Crippen LogP contribution in [0.1, 0.15) is 23.6 Å². The van der Waals surface area contributed by atoms with E-state index >= 15 is 0 Å². The van der Waals surface area contributed by atoms with E-state index in [-0.39, 0.29) is 0 Å². The minimum atomic E-state index is -1.60. The standard InChI is InChI=1S/C21H22Si/c1-15-14-17-9-5-7-11-19(17)21(15)22(2,3)20-13-12-16-8-4-6-10-18(16)20/h4-14,19-20H,1-3H3. The van der Waals surface area contributed by atoms with Gasteiger partial charge in [-0.3, -0.25) is 0 Å². The minimum absolute atomic E-state index is 0.521. The van der Waals surface area contributed by atoms with Gasteiger partial charge in [0.15, 0.2) is 0 Å². The molecule has 2 unspecified atom stereocenters. The Balaban J connectivity index is 1.77. The summed E-state index contributed by atoms with van der Waals surface area (Å²) in [5, 5.41) is 1.72. The molecule has 0 fully saturated rings. The Hall–Kier alpha value is -1.86. The summed E-state index contributed by atoms with van der Waals surface area (Å²) >= 11 is 0. The van der Waals surface area contributed by atoms with Crippen molar-refractivity contribution in [2.24, 2.45) is 5.92 Å². The van der Waals surface area contributed by atoms with E-state index in [9.17, 15) is 0 Å². The summed E-state index contributed by atoms with van der Waals surface area (Å²) in [6.07, 6.45) is 16.2. The predicted octanol–water partition coefficient (Wildman–Crippen LogP) is 5.58. The van der Waals surface area contributed by atoms with E-state index in [0.717, 1.165) is 0 Å². The number of allylic oxidation sites excluding steroid dienone is 9. The zero-order valence-electron chi connectivity index (χ0n) is 13.5. The summed E-state index contributed by atoms with van der Waals surface area (Å²) in [6, 6.07) is 8.91. The van der Waals surface area contributed by atoms with Crippen LogP contribution in [0, 0.1) is 5.92 Å². The average Bonchev–Trinajstić information content (AvgIpc) is 3.07. The fourth-order valence-electron chi connectivity index (χ4n) is 4.49. The topological polar surface area (TPSA) is 0 Å². The first kappa shape index (κ1) is 13.8. The number of hydrogen-bond acceptors (Lipinski definition) is 0. The normalized spacial score (nSPS) is 25.5. The molecule has 0 amide bonds. The molecule has 4 rings (SSSR count). The van der Waals surface area contributed by atoms with Crippen LogP contribution in [0.15, 0.2) is 77.1 Å². The minimum Gasteiger partial charge on any atom is -0.0788 e. The summed E-state index contributed by atoms with van der Waals surface area (Å²) in [4.78, 5) is 0. The fraction of sp³-hybridized carbons (Fsp3) is 0.238. The highest BCUT2D eigenvalue weighted by Crippen LogP contribution is 2.47. The van der Waals surface area contributed by atoms with Crippen LogP contribution in [-0.4, -0.2) is 8.07 Å². The lowest BCUT2D eigenvalue weighted by Gasteiger charge is -2.35. The van der Waals surface area contributed by atoms with Crippen molar-refractivity contribution in [3.8, 4) is 0 Å². The van der Waals surface area contributed by atoms with Crippen molar-refractivity contribution in [3.63, 3.8) is 0 Å². The molecule has 0 saturated carbocycles. The lowest BCUT2D eigenvalue weighted by Crippen LogP contribution is -2.39. The SMILES string of the molecule is CC1=C([Si](C)(C)C2C=Cc3ccccc32)C2C=CC=CC2=C1. The van der Waals surface area contributed by atoms with Crippen LogP contribution in [0.25, 0.3) is 6.08 Å². The Labute approximate surface area is 134 Å². The third-order valence-electron chi connectivity index (χ3n) is 5.45. The molecule has 1 aromatic carbocycles. The molecule has 0 heterocycles. The third kappa shape index (κ3) is 1.89. The number of hydrogen-bond donors (Lipinski definition) is 0. The summed E-state index contributed by atoms with van der Waals surface area (Å²) in [5.41, 5.74) is 6.53. The van der Waals surface area contributed by atoms with Crippen molar-refractivity contribution in [2.45, 2.75) is 25.6 Å². The lowest BCUT2D eigenvalue weighted by atomic mass is 9.98. The van der Waals surface area contributed by atoms with Gasteiger partial charge in [-0.1, -0.05) is 90.7 Å². The zero-order chi connectivity index (χ0) is 15.3. The Kier molecular flexibility index (Phi) is 3.02. The number of benzene rings is 1. The van der Waals surface area contributed by atoms with Crippen molar-refractivity contribution < 1.29 is 0 Å². The molecule has 0 N–H and O–H groups in total. The summed E-state index contributed by atoms with van der Waals surface area (Å²) < 4.78 is 0. The monoisotopic (exact) mass is 302 g/mol. The molecule has 2 atom stereocenters. The number of fused-ring (bicyclic) bond motifs is 2. The van der Waals surface area contributed by atoms with Crippen molar-refractivity contribution in [3.05, 3.63) is 88.2 Å². The Morgan fingerprint density at radius 2 is 1.77 bits per heavy atom. The van der Waals surface area contributed by atoms with Gasteiger partial charge in [-0.2, -0.15) is 0 Å². The van der Waals surface area contributed by atoms with Crippen LogP contribution in [0.4, 0.5) is 0 Å². The van der Waals surface area contributed by atoms with Crippen molar-refractivity contribution >= 4 is 14.1 Å². The Morgan fingerprint density at radius 1 is 0.955 bits per heavy atom. The first-order chi connectivity index (χ1) is 10.6. The van der Waals surface area contributed by atoms with Crippen molar-refractivity contribution in [1.29, 1.82) is 0 Å². The van der Waals surface area contributed by atoms with E-state index in [1.807, 2.05) is 0 Å². The highest BCUT2D eigenvalue weighted by Gasteiger charge is 2.42. The fourth-order valence-corrected chi connectivity index (χ4v) is 8.59. The first-order valence-corrected chi connectivity index (χ1v) is 11.2. The van der Waals surface area contributed by atoms with Crippen LogP contribution in [0.2, 0.25) is 13.1 Å². The molecule has 110 valence electrons. The van der Waals surface area contributed by atoms with Gasteiger partial charge >= 0.3 is 0 Å². The van der Waals surface area contributed by atoms with Gasteiger partial charge in [-0.25, -0.2) is 0 Å². The average molecular weight is 302 g/mol. The molecule has 0 radical (unpaired) electrons. The maximum Gasteiger partial charge on any atom is 0.0884 e. The maximum atomic E-state index is 2.55. The van der Waals surface area contributed by atoms with Crippen LogP contribution < -0.4 is 0 Å². The molecule has 0 aromatic heterocycles. The molecule has 0 spiro atoms. The molecule has 3 aliphatic carbocycles. The van der Waals surface area contributed by atoms with Gasteiger partial charge in [0.2, 0.25) is 0 Å². The molecular weight excluding hydrogens is 280 g/mol. The van der Waals surface area contributed by atoms with Crippen LogP contribution in [0.3, 0.4) is 0 Å². The Bertz CT molecular complexity index is 784. The second-order valence-electron chi connectivity index (χ2n) is 7.15. The highest BCUT2D eigenvalue weighted by molar-refractivity contribution is 6.86. The molecule has 0 saturated heterocycles. The smallest absolute Gasteiger partial charge is 0.0788 e. The first-order valence-electron chi connectivity index (χ1n) is 8.14. The van der Waals surface area contributed by atoms with E-state index < -0.39 is 8.07 Å². The third-order valence-corrected chi connectivity index (χ3v) is 9.60. The van der Waals surface area contributed by atoms with Crippen molar-refractivity contribution in [1.82, 2.24) is 0 Å². The summed E-state index contributed by atoms with van der Waals surface area (Å²) in [7, 11) is -1.60. The van der Waals surface area contributed by atoms with E-state index in [0.29, 0.717) is 11.5 Å². The van der Waals surface area contributed by atoms with Gasteiger partial charge in [0, 0.05) is 11.5 Å². The highest BCUT2D eigenvalue weighted by atomic mass is 28.3. The largest absolute Gasteiger partial charge is 0.0884 e. The molecule has 1 aromatic rings. The molecule has 0 aliphatic heterocycles. The van der Waals surface area contributed by atoms with Gasteiger partial charge in [0.25, 0.3) is 0 Å². The lowest BCUT2D eigenvalue weighted by molar-refractivity contribution is 0.961. The van der Waals surface area contributed by atoms with Gasteiger partial charge in [0.05, 0.1) is 8.07 Å². The predicted molar refractivity (Wildman–Crippen MR) is 98.3 cm³/mol. The van der Waals surface area contributed by atoms with E-state index in [4.69, 9.17) is 0 Å². The second kappa shape index (κ2) is 4.82. The molecule has 1 heteroatoms. The van der Waals surface area contributed by atoms with Crippen LogP contribution in [-0.2, 0) is 0 Å². The van der Waals surface area contributed by atoms with Gasteiger partial charge < -0.3 is 0 Å². The number of rotatable bonds is 2. The summed E-state index contributed by atoms with van der Waals surface area (Å²) in [5.74, 6) is 0.521. The Morgan fingerprint density at radius 3 is 2.64 bits per heavy atom. The maximum absolute atomic E-state index is 2.55. The zero-order valence-corrected chi connectivity index (χ0v) is 14.5. The van der Waals surface area contributed by atoms with E-state index in [2.05, 4.69) is 86.8 Å². The van der Waals surface area contributed by atoms with Crippen LogP contribution >= 0.6 is 0 Å². The van der Waals surface area contributed by atoms with Gasteiger partial charge in [-0.05, 0) is 23.6 Å². The summed E-state index contributed by atoms with van der Waals surface area (Å²) in [6.45, 7) is 7.40. The van der Waals surface area contributed by atoms with E-state index in [1.54, 1.807) is 5.20 Å². The molecule has 22 heavy (non-hydrogen) atoms. The quantitative estimate of drug-likeness (QED) is 0.625. The van der Waals surface area contributed by atoms with Gasteiger partial charge in [0.1, 0.15) is 0 Å². The molecular formula is C21H22Si. The van der Waals surface area contributed by atoms with Gasteiger partial charge in [-0.15, -0.1) is 0 Å². The molecule has 3 aliphatic rings. The second-order valence-corrected chi connectivity index (χ2v) is 11.8.